The second-order valence-electron chi connectivity index (χ2n) is 3.36. The van der Waals surface area contributed by atoms with Gasteiger partial charge in [0.05, 0.1) is 0 Å². The van der Waals surface area contributed by atoms with Crippen LogP contribution in [0.15, 0.2) is 18.2 Å². The average Bonchev–Trinajstić information content (AvgIpc) is 2.19. The predicted octanol–water partition coefficient (Wildman–Crippen LogP) is 3.51. The number of rotatable bonds is 2. The number of carbonyl (C=O) groups excluding carboxylic acids is 1. The van der Waals surface area contributed by atoms with Crippen molar-refractivity contribution in [3.05, 3.63) is 35.1 Å². The van der Waals surface area contributed by atoms with Crippen LogP contribution in [0.2, 0.25) is 0 Å². The van der Waals surface area contributed by atoms with E-state index in [1.54, 1.807) is 0 Å². The lowest BCUT2D eigenvalue weighted by Crippen LogP contribution is -2.44. The fourth-order valence-electron chi connectivity index (χ4n) is 1.14. The molecule has 0 aliphatic rings. The number of hydrogen-bond donors (Lipinski definition) is 0. The molecule has 0 unspecified atom stereocenters. The quantitative estimate of drug-likeness (QED) is 0.584. The summed E-state index contributed by atoms with van der Waals surface area (Å²) in [5.74, 6) is -9.04. The summed E-state index contributed by atoms with van der Waals surface area (Å²) in [4.78, 5) is 11.0. The summed E-state index contributed by atoms with van der Waals surface area (Å²) in [6.07, 6.45) is -6.00. The molecule has 1 aromatic carbocycles. The fraction of sp³-hybridized carbons (Fsp3) is 0.300. The molecule has 1 aromatic rings. The summed E-state index contributed by atoms with van der Waals surface area (Å²) in [5.41, 5.74) is -1.13. The Morgan fingerprint density at radius 2 is 1.65 bits per heavy atom. The van der Waals surface area contributed by atoms with Crippen LogP contribution in [0.1, 0.15) is 15.9 Å². The van der Waals surface area contributed by atoms with E-state index in [0.717, 1.165) is 19.1 Å². The fourth-order valence-corrected chi connectivity index (χ4v) is 1.14. The van der Waals surface area contributed by atoms with Crippen LogP contribution in [0.4, 0.5) is 26.3 Å². The van der Waals surface area contributed by atoms with Crippen LogP contribution in [-0.2, 0) is 0 Å². The number of aryl methyl sites for hydroxylation is 1. The molecule has 7 heteroatoms. The number of ketones is 1. The molecule has 0 saturated heterocycles. The highest BCUT2D eigenvalue weighted by Crippen LogP contribution is 2.38. The lowest BCUT2D eigenvalue weighted by atomic mass is 10.00. The lowest BCUT2D eigenvalue weighted by Gasteiger charge is -2.18. The van der Waals surface area contributed by atoms with E-state index in [1.165, 1.54) is 0 Å². The molecule has 17 heavy (non-hydrogen) atoms. The topological polar surface area (TPSA) is 17.1 Å². The van der Waals surface area contributed by atoms with Gasteiger partial charge in [0.15, 0.2) is 0 Å². The van der Waals surface area contributed by atoms with Gasteiger partial charge in [-0.3, -0.25) is 4.79 Å². The first kappa shape index (κ1) is 13.5. The number of halogens is 6. The van der Waals surface area contributed by atoms with Crippen LogP contribution in [0.5, 0.6) is 0 Å². The van der Waals surface area contributed by atoms with Gasteiger partial charge in [0.1, 0.15) is 5.82 Å². The molecule has 94 valence electrons. The maximum Gasteiger partial charge on any atom is 0.461 e. The highest BCUT2D eigenvalue weighted by Gasteiger charge is 2.63. The molecule has 1 nitrogen and oxygen atoms in total. The summed E-state index contributed by atoms with van der Waals surface area (Å²) in [7, 11) is 0. The van der Waals surface area contributed by atoms with Crippen molar-refractivity contribution in [2.24, 2.45) is 0 Å². The number of hydrogen-bond acceptors (Lipinski definition) is 1. The third kappa shape index (κ3) is 2.42. The van der Waals surface area contributed by atoms with Gasteiger partial charge in [0, 0.05) is 5.56 Å². The molecule has 0 radical (unpaired) electrons. The Kier molecular flexibility index (Phi) is 3.22. The minimum atomic E-state index is -6.00. The van der Waals surface area contributed by atoms with Crippen molar-refractivity contribution in [3.8, 4) is 0 Å². The first-order valence-corrected chi connectivity index (χ1v) is 4.33. The van der Waals surface area contributed by atoms with Gasteiger partial charge in [-0.2, -0.15) is 22.0 Å². The Hall–Kier alpha value is -1.53. The van der Waals surface area contributed by atoms with E-state index >= 15 is 0 Å². The molecule has 0 aromatic heterocycles. The van der Waals surface area contributed by atoms with Crippen molar-refractivity contribution in [3.63, 3.8) is 0 Å². The summed E-state index contributed by atoms with van der Waals surface area (Å²) in [6, 6.07) is 2.17. The van der Waals surface area contributed by atoms with Gasteiger partial charge in [0.25, 0.3) is 0 Å². The van der Waals surface area contributed by atoms with Crippen LogP contribution in [0, 0.1) is 12.7 Å². The molecule has 0 saturated carbocycles. The summed E-state index contributed by atoms with van der Waals surface area (Å²) in [6.45, 7) is 1.14. The zero-order valence-corrected chi connectivity index (χ0v) is 8.41. The second-order valence-corrected chi connectivity index (χ2v) is 3.36. The van der Waals surface area contributed by atoms with E-state index in [1.807, 2.05) is 0 Å². The maximum atomic E-state index is 12.7. The Bertz CT molecular complexity index is 449. The minimum absolute atomic E-state index is 0.152. The highest BCUT2D eigenvalue weighted by atomic mass is 19.4. The van der Waals surface area contributed by atoms with Crippen LogP contribution in [0.3, 0.4) is 0 Å². The van der Waals surface area contributed by atoms with Crippen molar-refractivity contribution in [1.82, 2.24) is 0 Å². The summed E-state index contributed by atoms with van der Waals surface area (Å²) in [5, 5.41) is 0. The van der Waals surface area contributed by atoms with Crippen LogP contribution < -0.4 is 0 Å². The molecule has 0 aliphatic carbocycles. The third-order valence-corrected chi connectivity index (χ3v) is 2.09. The van der Waals surface area contributed by atoms with E-state index in [0.29, 0.717) is 6.07 Å². The van der Waals surface area contributed by atoms with Crippen LogP contribution >= 0.6 is 0 Å². The van der Waals surface area contributed by atoms with Gasteiger partial charge in [-0.15, -0.1) is 0 Å². The van der Waals surface area contributed by atoms with Crippen molar-refractivity contribution in [2.45, 2.75) is 19.0 Å². The van der Waals surface area contributed by atoms with E-state index in [-0.39, 0.29) is 5.56 Å². The number of Topliss-reactive ketones (excluding diaryl/α,β-unsaturated/α-hetero) is 1. The lowest BCUT2D eigenvalue weighted by molar-refractivity contribution is -0.255. The Morgan fingerprint density at radius 1 is 1.12 bits per heavy atom. The zero-order chi connectivity index (χ0) is 13.4. The van der Waals surface area contributed by atoms with E-state index in [2.05, 4.69) is 0 Å². The van der Waals surface area contributed by atoms with E-state index in [4.69, 9.17) is 0 Å². The van der Waals surface area contributed by atoms with Crippen molar-refractivity contribution >= 4 is 5.78 Å². The Balaban J connectivity index is 3.26. The van der Waals surface area contributed by atoms with Gasteiger partial charge in [0.2, 0.25) is 5.78 Å². The zero-order valence-electron chi connectivity index (χ0n) is 8.41. The van der Waals surface area contributed by atoms with Gasteiger partial charge in [-0.25, -0.2) is 4.39 Å². The first-order valence-electron chi connectivity index (χ1n) is 4.33. The molecule has 0 N–H and O–H groups in total. The molecule has 0 atom stereocenters. The SMILES string of the molecule is Cc1ccc(F)cc1C(=O)C(F)(F)C(F)(F)F. The maximum absolute atomic E-state index is 12.7. The van der Waals surface area contributed by atoms with E-state index < -0.39 is 29.3 Å². The van der Waals surface area contributed by atoms with Gasteiger partial charge in [-0.05, 0) is 24.6 Å². The molecule has 1 rings (SSSR count). The molecular formula is C10H6F6O. The van der Waals surface area contributed by atoms with Crippen LogP contribution in [-0.4, -0.2) is 17.9 Å². The first-order chi connectivity index (χ1) is 7.57. The van der Waals surface area contributed by atoms with Crippen molar-refractivity contribution in [2.75, 3.05) is 0 Å². The second kappa shape index (κ2) is 4.05. The number of carbonyl (C=O) groups is 1. The third-order valence-electron chi connectivity index (χ3n) is 2.09. The smallest absolute Gasteiger partial charge is 0.287 e. The van der Waals surface area contributed by atoms with Gasteiger partial charge < -0.3 is 0 Å². The minimum Gasteiger partial charge on any atom is -0.287 e. The predicted molar refractivity (Wildman–Crippen MR) is 46.5 cm³/mol. The van der Waals surface area contributed by atoms with Crippen LogP contribution in [0.25, 0.3) is 0 Å². The van der Waals surface area contributed by atoms with E-state index in [9.17, 15) is 31.1 Å². The molecule has 0 heterocycles. The van der Waals surface area contributed by atoms with Gasteiger partial charge in [-0.1, -0.05) is 6.07 Å². The molecular weight excluding hydrogens is 250 g/mol. The average molecular weight is 256 g/mol. The number of alkyl halides is 5. The van der Waals surface area contributed by atoms with Gasteiger partial charge >= 0.3 is 12.1 Å². The molecule has 0 amide bonds. The largest absolute Gasteiger partial charge is 0.461 e. The molecule has 0 bridgehead atoms. The standard InChI is InChI=1S/C10H6F6O/c1-5-2-3-6(11)4-7(5)8(17)9(12,13)10(14,15)16/h2-4H,1H3. The Morgan fingerprint density at radius 3 is 2.12 bits per heavy atom. The molecule has 0 aliphatic heterocycles. The highest BCUT2D eigenvalue weighted by molar-refractivity contribution is 6.03. The number of benzene rings is 1. The van der Waals surface area contributed by atoms with Crippen molar-refractivity contribution in [1.29, 1.82) is 0 Å². The molecule has 0 spiro atoms. The molecule has 0 fully saturated rings. The Labute approximate surface area is 92.0 Å². The normalized spacial score (nSPS) is 12.6. The van der Waals surface area contributed by atoms with Crippen molar-refractivity contribution < 1.29 is 31.1 Å². The summed E-state index contributed by atoms with van der Waals surface area (Å²) < 4.78 is 74.0. The summed E-state index contributed by atoms with van der Waals surface area (Å²) >= 11 is 0. The monoisotopic (exact) mass is 256 g/mol.